The Hall–Kier alpha value is -1.52. The first-order valence-corrected chi connectivity index (χ1v) is 8.42. The van der Waals surface area contributed by atoms with Crippen molar-refractivity contribution in [2.45, 2.75) is 76.9 Å². The van der Waals surface area contributed by atoms with Gasteiger partial charge in [-0.2, -0.15) is 0 Å². The lowest BCUT2D eigenvalue weighted by Crippen LogP contribution is -2.43. The van der Waals surface area contributed by atoms with Crippen LogP contribution in [-0.2, 0) is 14.3 Å². The molecule has 126 valence electrons. The maximum Gasteiger partial charge on any atom is 0.408 e. The van der Waals surface area contributed by atoms with Crippen molar-refractivity contribution in [1.29, 1.82) is 0 Å². The van der Waals surface area contributed by atoms with Crippen molar-refractivity contribution in [1.82, 2.24) is 5.32 Å². The van der Waals surface area contributed by atoms with Crippen LogP contribution in [0.2, 0.25) is 0 Å². The van der Waals surface area contributed by atoms with E-state index in [-0.39, 0.29) is 12.1 Å². The van der Waals surface area contributed by atoms with Crippen LogP contribution in [0.1, 0.15) is 64.7 Å². The number of unbranched alkanes of at least 4 members (excludes halogenated alkanes) is 3. The number of esters is 1. The molecule has 0 bridgehead atoms. The summed E-state index contributed by atoms with van der Waals surface area (Å²) in [5, 5.41) is 2.66. The van der Waals surface area contributed by atoms with Crippen molar-refractivity contribution in [3.8, 4) is 0 Å². The van der Waals surface area contributed by atoms with E-state index in [2.05, 4.69) is 11.9 Å². The zero-order valence-electron chi connectivity index (χ0n) is 13.6. The topological polar surface area (TPSA) is 64.6 Å². The van der Waals surface area contributed by atoms with Crippen molar-refractivity contribution in [2.24, 2.45) is 0 Å². The molecule has 5 nitrogen and oxygen atoms in total. The minimum absolute atomic E-state index is 0.00423. The second-order valence-corrected chi connectivity index (χ2v) is 5.69. The lowest BCUT2D eigenvalue weighted by Gasteiger charge is -2.19. The molecule has 1 N–H and O–H groups in total. The molecule has 5 heteroatoms. The molecule has 0 aromatic rings. The summed E-state index contributed by atoms with van der Waals surface area (Å²) in [5.41, 5.74) is 0. The summed E-state index contributed by atoms with van der Waals surface area (Å²) in [6, 6.07) is -0.613. The summed E-state index contributed by atoms with van der Waals surface area (Å²) in [7, 11) is 0. The molecule has 1 fully saturated rings. The van der Waals surface area contributed by atoms with Crippen LogP contribution < -0.4 is 5.32 Å². The summed E-state index contributed by atoms with van der Waals surface area (Å²) >= 11 is 0. The number of nitrogens with one attached hydrogen (secondary N) is 1. The molecule has 0 saturated heterocycles. The van der Waals surface area contributed by atoms with E-state index in [1.54, 1.807) is 6.92 Å². The highest BCUT2D eigenvalue weighted by atomic mass is 16.6. The summed E-state index contributed by atoms with van der Waals surface area (Å²) in [4.78, 5) is 23.8. The van der Waals surface area contributed by atoms with Gasteiger partial charge in [-0.05, 0) is 51.9 Å². The molecular weight excluding hydrogens is 282 g/mol. The fourth-order valence-corrected chi connectivity index (χ4v) is 2.64. The van der Waals surface area contributed by atoms with Gasteiger partial charge < -0.3 is 14.8 Å². The number of rotatable bonds is 10. The van der Waals surface area contributed by atoms with E-state index in [0.717, 1.165) is 51.4 Å². The van der Waals surface area contributed by atoms with E-state index in [1.165, 1.54) is 0 Å². The third-order valence-corrected chi connectivity index (χ3v) is 3.84. The Bertz CT molecular complexity index is 351. The molecule has 0 aromatic carbocycles. The Morgan fingerprint density at radius 3 is 2.64 bits per heavy atom. The van der Waals surface area contributed by atoms with Gasteiger partial charge in [-0.1, -0.05) is 18.9 Å². The van der Waals surface area contributed by atoms with E-state index in [0.29, 0.717) is 13.0 Å². The predicted molar refractivity (Wildman–Crippen MR) is 85.6 cm³/mol. The number of alkyl carbamates (subject to hydrolysis) is 1. The van der Waals surface area contributed by atoms with Crippen molar-refractivity contribution in [3.05, 3.63) is 12.7 Å². The second kappa shape index (κ2) is 11.1. The molecule has 0 radical (unpaired) electrons. The monoisotopic (exact) mass is 311 g/mol. The number of hydrogen-bond donors (Lipinski definition) is 1. The van der Waals surface area contributed by atoms with E-state index in [9.17, 15) is 9.59 Å². The van der Waals surface area contributed by atoms with Crippen LogP contribution in [-0.4, -0.2) is 30.8 Å². The molecule has 0 spiro atoms. The minimum atomic E-state index is -0.613. The average molecular weight is 311 g/mol. The van der Waals surface area contributed by atoms with Gasteiger partial charge in [-0.3, -0.25) is 0 Å². The van der Waals surface area contributed by atoms with Crippen LogP contribution in [0.4, 0.5) is 4.79 Å². The predicted octanol–water partition coefficient (Wildman–Crippen LogP) is 3.72. The quantitative estimate of drug-likeness (QED) is 0.379. The first-order chi connectivity index (χ1) is 10.7. The molecule has 1 rings (SSSR count). The van der Waals surface area contributed by atoms with Gasteiger partial charge in [0.1, 0.15) is 12.1 Å². The van der Waals surface area contributed by atoms with Gasteiger partial charge in [0.05, 0.1) is 6.61 Å². The zero-order chi connectivity index (χ0) is 16.2. The smallest absolute Gasteiger partial charge is 0.408 e. The number of ether oxygens (including phenoxy) is 2. The van der Waals surface area contributed by atoms with E-state index >= 15 is 0 Å². The molecular formula is C17H29NO4. The van der Waals surface area contributed by atoms with Gasteiger partial charge in [-0.25, -0.2) is 9.59 Å². The van der Waals surface area contributed by atoms with Gasteiger partial charge in [0.25, 0.3) is 0 Å². The molecule has 1 unspecified atom stereocenters. The van der Waals surface area contributed by atoms with Gasteiger partial charge in [-0.15, -0.1) is 6.58 Å². The van der Waals surface area contributed by atoms with Crippen molar-refractivity contribution in [2.75, 3.05) is 6.61 Å². The fraction of sp³-hybridized carbons (Fsp3) is 0.765. The van der Waals surface area contributed by atoms with Gasteiger partial charge >= 0.3 is 12.1 Å². The summed E-state index contributed by atoms with van der Waals surface area (Å²) in [5.74, 6) is -0.380. The van der Waals surface area contributed by atoms with E-state index < -0.39 is 12.1 Å². The highest BCUT2D eigenvalue weighted by Crippen LogP contribution is 2.21. The van der Waals surface area contributed by atoms with Gasteiger partial charge in [0.2, 0.25) is 0 Å². The van der Waals surface area contributed by atoms with Gasteiger partial charge in [0.15, 0.2) is 0 Å². The summed E-state index contributed by atoms with van der Waals surface area (Å²) in [6.07, 6.45) is 9.88. The van der Waals surface area contributed by atoms with Crippen LogP contribution in [0, 0.1) is 0 Å². The number of carbonyl (C=O) groups is 2. The van der Waals surface area contributed by atoms with Crippen LogP contribution in [0.5, 0.6) is 0 Å². The average Bonchev–Trinajstić information content (AvgIpc) is 2.98. The Balaban J connectivity index is 2.36. The number of allylic oxidation sites excluding steroid dienone is 1. The Morgan fingerprint density at radius 1 is 1.27 bits per heavy atom. The highest BCUT2D eigenvalue weighted by Gasteiger charge is 2.25. The molecule has 0 aliphatic heterocycles. The minimum Gasteiger partial charge on any atom is -0.464 e. The second-order valence-electron chi connectivity index (χ2n) is 5.69. The summed E-state index contributed by atoms with van der Waals surface area (Å²) in [6.45, 7) is 5.76. The molecule has 1 aliphatic carbocycles. The SMILES string of the molecule is C=CCCCCCC(NC(=O)OC1CCCC1)C(=O)OCC. The molecule has 1 atom stereocenters. The van der Waals surface area contributed by atoms with Crippen molar-refractivity contribution in [3.63, 3.8) is 0 Å². The molecule has 22 heavy (non-hydrogen) atoms. The third-order valence-electron chi connectivity index (χ3n) is 3.84. The fourth-order valence-electron chi connectivity index (χ4n) is 2.64. The highest BCUT2D eigenvalue weighted by molar-refractivity contribution is 5.81. The first-order valence-electron chi connectivity index (χ1n) is 8.42. The van der Waals surface area contributed by atoms with Crippen LogP contribution >= 0.6 is 0 Å². The maximum atomic E-state index is 11.9. The van der Waals surface area contributed by atoms with Crippen molar-refractivity contribution >= 4 is 12.1 Å². The van der Waals surface area contributed by atoms with Crippen LogP contribution in [0.15, 0.2) is 12.7 Å². The molecule has 1 saturated carbocycles. The number of hydrogen-bond acceptors (Lipinski definition) is 4. The molecule has 0 aromatic heterocycles. The first kappa shape index (κ1) is 18.5. The molecule has 1 aliphatic rings. The maximum absolute atomic E-state index is 11.9. The van der Waals surface area contributed by atoms with E-state index in [4.69, 9.17) is 9.47 Å². The Labute approximate surface area is 133 Å². The standard InChI is InChI=1S/C17H29NO4/c1-3-5-6-7-8-13-15(16(19)21-4-2)18-17(20)22-14-11-9-10-12-14/h3,14-15H,1,4-13H2,2H3,(H,18,20). The van der Waals surface area contributed by atoms with Crippen molar-refractivity contribution < 1.29 is 19.1 Å². The molecule has 1 amide bonds. The van der Waals surface area contributed by atoms with Gasteiger partial charge in [0, 0.05) is 0 Å². The Kier molecular flexibility index (Phi) is 9.35. The largest absolute Gasteiger partial charge is 0.464 e. The van der Waals surface area contributed by atoms with Crippen LogP contribution in [0.3, 0.4) is 0 Å². The molecule has 0 heterocycles. The Morgan fingerprint density at radius 2 is 2.00 bits per heavy atom. The third kappa shape index (κ3) is 7.48. The number of amides is 1. The lowest BCUT2D eigenvalue weighted by molar-refractivity contribution is -0.145. The lowest BCUT2D eigenvalue weighted by atomic mass is 10.1. The summed E-state index contributed by atoms with van der Waals surface area (Å²) < 4.78 is 10.4. The zero-order valence-corrected chi connectivity index (χ0v) is 13.6. The van der Waals surface area contributed by atoms with Crippen LogP contribution in [0.25, 0.3) is 0 Å². The van der Waals surface area contributed by atoms with E-state index in [1.807, 2.05) is 6.08 Å². The normalized spacial score (nSPS) is 16.0. The number of carbonyl (C=O) groups excluding carboxylic acids is 2.